The lowest BCUT2D eigenvalue weighted by Crippen LogP contribution is -2.46. The van der Waals surface area contributed by atoms with Crippen molar-refractivity contribution < 1.29 is 22.8 Å². The standard InChI is InChI=1S/C25H26N4O5S/c1-17-11-18(2)13-21(12-17)24(31)26-16-23(30)28-29-25(32)20-9-6-10-22(14-20)35(33,34)27-15-19-7-4-3-5-8-19/h3-14,27H,15-16H2,1-2H3,(H,26,31)(H,28,30)(H,29,32). The van der Waals surface area contributed by atoms with E-state index in [1.165, 1.54) is 24.3 Å². The highest BCUT2D eigenvalue weighted by atomic mass is 32.2. The summed E-state index contributed by atoms with van der Waals surface area (Å²) in [5.74, 6) is -1.78. The minimum absolute atomic E-state index is 0.0344. The molecule has 0 fully saturated rings. The molecule has 0 aliphatic heterocycles. The van der Waals surface area contributed by atoms with E-state index < -0.39 is 27.7 Å². The van der Waals surface area contributed by atoms with E-state index in [4.69, 9.17) is 0 Å². The van der Waals surface area contributed by atoms with Crippen LogP contribution in [0.5, 0.6) is 0 Å². The van der Waals surface area contributed by atoms with Crippen LogP contribution in [0.15, 0.2) is 77.7 Å². The van der Waals surface area contributed by atoms with Crippen LogP contribution in [0.25, 0.3) is 0 Å². The molecule has 0 radical (unpaired) electrons. The first-order valence-corrected chi connectivity index (χ1v) is 12.2. The lowest BCUT2D eigenvalue weighted by Gasteiger charge is -2.11. The highest BCUT2D eigenvalue weighted by Gasteiger charge is 2.17. The molecule has 0 saturated carbocycles. The molecule has 0 heterocycles. The molecule has 182 valence electrons. The van der Waals surface area contributed by atoms with E-state index >= 15 is 0 Å². The van der Waals surface area contributed by atoms with E-state index in [0.29, 0.717) is 5.56 Å². The third kappa shape index (κ3) is 7.49. The van der Waals surface area contributed by atoms with E-state index in [9.17, 15) is 22.8 Å². The SMILES string of the molecule is Cc1cc(C)cc(C(=O)NCC(=O)NNC(=O)c2cccc(S(=O)(=O)NCc3ccccc3)c2)c1. The number of carbonyl (C=O) groups excluding carboxylic acids is 3. The molecule has 4 N–H and O–H groups in total. The highest BCUT2D eigenvalue weighted by molar-refractivity contribution is 7.89. The van der Waals surface area contributed by atoms with Crippen LogP contribution >= 0.6 is 0 Å². The lowest BCUT2D eigenvalue weighted by molar-refractivity contribution is -0.120. The fourth-order valence-corrected chi connectivity index (χ4v) is 4.34. The van der Waals surface area contributed by atoms with Gasteiger partial charge in [-0.3, -0.25) is 25.2 Å². The van der Waals surface area contributed by atoms with Gasteiger partial charge in [-0.1, -0.05) is 53.6 Å². The van der Waals surface area contributed by atoms with E-state index in [2.05, 4.69) is 20.9 Å². The van der Waals surface area contributed by atoms with Gasteiger partial charge >= 0.3 is 0 Å². The molecule has 0 unspecified atom stereocenters. The molecule has 3 amide bonds. The van der Waals surface area contributed by atoms with Crippen LogP contribution in [0.1, 0.15) is 37.4 Å². The van der Waals surface area contributed by atoms with Crippen molar-refractivity contribution >= 4 is 27.7 Å². The van der Waals surface area contributed by atoms with Crippen molar-refractivity contribution in [2.75, 3.05) is 6.54 Å². The molecule has 9 nitrogen and oxygen atoms in total. The molecule has 3 rings (SSSR count). The number of hydrogen-bond acceptors (Lipinski definition) is 5. The second-order valence-electron chi connectivity index (χ2n) is 7.90. The summed E-state index contributed by atoms with van der Waals surface area (Å²) >= 11 is 0. The summed E-state index contributed by atoms with van der Waals surface area (Å²) in [5, 5.41) is 2.48. The molecule has 0 spiro atoms. The molecule has 35 heavy (non-hydrogen) atoms. The summed E-state index contributed by atoms with van der Waals surface area (Å²) in [5.41, 5.74) is 7.51. The zero-order valence-corrected chi connectivity index (χ0v) is 20.1. The van der Waals surface area contributed by atoms with Crippen LogP contribution in [-0.4, -0.2) is 32.7 Å². The van der Waals surface area contributed by atoms with E-state index in [-0.39, 0.29) is 23.5 Å². The van der Waals surface area contributed by atoms with Gasteiger partial charge in [-0.15, -0.1) is 0 Å². The quantitative estimate of drug-likeness (QED) is 0.355. The maximum Gasteiger partial charge on any atom is 0.269 e. The van der Waals surface area contributed by atoms with Crippen molar-refractivity contribution in [1.82, 2.24) is 20.9 Å². The number of hydrogen-bond donors (Lipinski definition) is 4. The first kappa shape index (κ1) is 25.6. The molecule has 10 heteroatoms. The van der Waals surface area contributed by atoms with Gasteiger partial charge in [0.05, 0.1) is 11.4 Å². The Balaban J connectivity index is 1.53. The van der Waals surface area contributed by atoms with Gasteiger partial charge in [-0.25, -0.2) is 13.1 Å². The number of benzene rings is 3. The second kappa shape index (κ2) is 11.4. The number of sulfonamides is 1. The average Bonchev–Trinajstić information content (AvgIpc) is 2.84. The average molecular weight is 495 g/mol. The van der Waals surface area contributed by atoms with Crippen molar-refractivity contribution in [3.05, 3.63) is 101 Å². The van der Waals surface area contributed by atoms with E-state index in [1.807, 2.05) is 26.0 Å². The van der Waals surface area contributed by atoms with Gasteiger partial charge in [0.1, 0.15) is 0 Å². The first-order chi connectivity index (χ1) is 16.6. The number of aryl methyl sites for hydroxylation is 2. The Labute approximate surface area is 204 Å². The van der Waals surface area contributed by atoms with Crippen molar-refractivity contribution in [3.63, 3.8) is 0 Å². The molecule has 0 atom stereocenters. The molecule has 0 aromatic heterocycles. The van der Waals surface area contributed by atoms with Gasteiger partial charge in [0.15, 0.2) is 0 Å². The second-order valence-corrected chi connectivity index (χ2v) is 9.67. The van der Waals surface area contributed by atoms with Crippen molar-refractivity contribution in [2.45, 2.75) is 25.3 Å². The normalized spacial score (nSPS) is 10.9. The van der Waals surface area contributed by atoms with Crippen LogP contribution in [0.4, 0.5) is 0 Å². The smallest absolute Gasteiger partial charge is 0.269 e. The molecule has 0 aliphatic carbocycles. The number of rotatable bonds is 8. The number of hydrazine groups is 1. The minimum atomic E-state index is -3.86. The van der Waals surface area contributed by atoms with Gasteiger partial charge in [0.2, 0.25) is 10.0 Å². The molecule has 0 saturated heterocycles. The molecular formula is C25H26N4O5S. The van der Waals surface area contributed by atoms with Crippen LogP contribution in [-0.2, 0) is 21.4 Å². The van der Waals surface area contributed by atoms with Gasteiger partial charge in [-0.05, 0) is 49.7 Å². The summed E-state index contributed by atoms with van der Waals surface area (Å²) in [6.45, 7) is 3.48. The zero-order valence-electron chi connectivity index (χ0n) is 19.3. The molecule has 3 aromatic carbocycles. The van der Waals surface area contributed by atoms with Crippen LogP contribution in [0.3, 0.4) is 0 Å². The van der Waals surface area contributed by atoms with Crippen molar-refractivity contribution in [2.24, 2.45) is 0 Å². The largest absolute Gasteiger partial charge is 0.343 e. The monoisotopic (exact) mass is 494 g/mol. The molecular weight excluding hydrogens is 468 g/mol. The predicted octanol–water partition coefficient (Wildman–Crippen LogP) is 1.97. The van der Waals surface area contributed by atoms with Gasteiger partial charge in [0, 0.05) is 17.7 Å². The Morgan fingerprint density at radius 2 is 1.43 bits per heavy atom. The summed E-state index contributed by atoms with van der Waals surface area (Å²) in [4.78, 5) is 36.6. The highest BCUT2D eigenvalue weighted by Crippen LogP contribution is 2.12. The minimum Gasteiger partial charge on any atom is -0.343 e. The first-order valence-electron chi connectivity index (χ1n) is 10.7. The fraction of sp³-hybridized carbons (Fsp3) is 0.160. The van der Waals surface area contributed by atoms with Crippen molar-refractivity contribution in [3.8, 4) is 0 Å². The third-order valence-corrected chi connectivity index (χ3v) is 6.32. The van der Waals surface area contributed by atoms with Crippen LogP contribution in [0, 0.1) is 13.8 Å². The zero-order chi connectivity index (χ0) is 25.4. The van der Waals surface area contributed by atoms with Gasteiger partial charge in [0.25, 0.3) is 17.7 Å². The fourth-order valence-electron chi connectivity index (χ4n) is 3.27. The summed E-state index contributed by atoms with van der Waals surface area (Å²) < 4.78 is 27.7. The Morgan fingerprint density at radius 1 is 0.743 bits per heavy atom. The van der Waals surface area contributed by atoms with Gasteiger partial charge in [-0.2, -0.15) is 0 Å². The number of amides is 3. The summed E-state index contributed by atoms with van der Waals surface area (Å²) in [6, 6.07) is 19.8. The maximum absolute atomic E-state index is 12.6. The van der Waals surface area contributed by atoms with E-state index in [0.717, 1.165) is 16.7 Å². The Hall–Kier alpha value is -4.02. The van der Waals surface area contributed by atoms with Crippen LogP contribution < -0.4 is 20.9 Å². The molecule has 0 aliphatic rings. The Kier molecular flexibility index (Phi) is 8.34. The van der Waals surface area contributed by atoms with Crippen LogP contribution in [0.2, 0.25) is 0 Å². The van der Waals surface area contributed by atoms with Crippen molar-refractivity contribution in [1.29, 1.82) is 0 Å². The Morgan fingerprint density at radius 3 is 2.11 bits per heavy atom. The third-order valence-electron chi connectivity index (χ3n) is 4.92. The molecule has 0 bridgehead atoms. The Bertz CT molecular complexity index is 1320. The van der Waals surface area contributed by atoms with E-state index in [1.54, 1.807) is 36.4 Å². The van der Waals surface area contributed by atoms with Gasteiger partial charge < -0.3 is 5.32 Å². The number of nitrogens with one attached hydrogen (secondary N) is 4. The summed E-state index contributed by atoms with van der Waals surface area (Å²) in [7, 11) is -3.86. The molecule has 3 aromatic rings. The predicted molar refractivity (Wildman–Crippen MR) is 131 cm³/mol. The maximum atomic E-state index is 12.6. The lowest BCUT2D eigenvalue weighted by atomic mass is 10.1. The number of carbonyl (C=O) groups is 3. The topological polar surface area (TPSA) is 133 Å². The summed E-state index contributed by atoms with van der Waals surface area (Å²) in [6.07, 6.45) is 0.